The summed E-state index contributed by atoms with van der Waals surface area (Å²) in [5.41, 5.74) is -0.0352. The van der Waals surface area contributed by atoms with Crippen molar-refractivity contribution in [2.45, 2.75) is 33.3 Å². The van der Waals surface area contributed by atoms with Gasteiger partial charge in [0.25, 0.3) is 0 Å². The summed E-state index contributed by atoms with van der Waals surface area (Å²) >= 11 is 0. The van der Waals surface area contributed by atoms with E-state index in [4.69, 9.17) is 10.00 Å². The van der Waals surface area contributed by atoms with Crippen molar-refractivity contribution in [1.29, 1.82) is 5.26 Å². The molecule has 0 fully saturated rings. The maximum atomic E-state index is 10.3. The number of nitriles is 1. The molecule has 0 amide bonds. The van der Waals surface area contributed by atoms with Crippen molar-refractivity contribution in [1.82, 2.24) is 0 Å². The molecular formula is C14H19NO2. The zero-order chi connectivity index (χ0) is 12.9. The average molecular weight is 233 g/mol. The highest BCUT2D eigenvalue weighted by molar-refractivity contribution is 5.31. The van der Waals surface area contributed by atoms with Crippen LogP contribution in [0.15, 0.2) is 24.3 Å². The van der Waals surface area contributed by atoms with Crippen LogP contribution in [-0.4, -0.2) is 11.7 Å². The van der Waals surface area contributed by atoms with Gasteiger partial charge in [0.2, 0.25) is 0 Å². The van der Waals surface area contributed by atoms with Crippen molar-refractivity contribution < 1.29 is 9.84 Å². The summed E-state index contributed by atoms with van der Waals surface area (Å²) in [6, 6.07) is 9.47. The Labute approximate surface area is 103 Å². The summed E-state index contributed by atoms with van der Waals surface area (Å²) in [4.78, 5) is 0. The third-order valence-electron chi connectivity index (χ3n) is 3.08. The number of benzene rings is 1. The van der Waals surface area contributed by atoms with Crippen molar-refractivity contribution in [2.75, 3.05) is 6.61 Å². The Morgan fingerprint density at radius 1 is 1.47 bits per heavy atom. The highest BCUT2D eigenvalue weighted by Gasteiger charge is 2.32. The van der Waals surface area contributed by atoms with Gasteiger partial charge in [0.05, 0.1) is 24.2 Å². The lowest BCUT2D eigenvalue weighted by atomic mass is 9.80. The van der Waals surface area contributed by atoms with Crippen LogP contribution in [0.25, 0.3) is 0 Å². The van der Waals surface area contributed by atoms with Crippen LogP contribution in [0, 0.1) is 16.7 Å². The minimum Gasteiger partial charge on any atom is -0.494 e. The van der Waals surface area contributed by atoms with Gasteiger partial charge in [-0.1, -0.05) is 19.1 Å². The molecule has 0 spiro atoms. The van der Waals surface area contributed by atoms with Gasteiger partial charge in [-0.3, -0.25) is 0 Å². The van der Waals surface area contributed by atoms with E-state index in [0.717, 1.165) is 11.3 Å². The Morgan fingerprint density at radius 3 is 2.71 bits per heavy atom. The van der Waals surface area contributed by atoms with E-state index in [1.54, 1.807) is 13.0 Å². The van der Waals surface area contributed by atoms with Gasteiger partial charge in [0, 0.05) is 0 Å². The molecule has 0 aliphatic heterocycles. The van der Waals surface area contributed by atoms with Crippen LogP contribution in [0.2, 0.25) is 0 Å². The first-order valence-corrected chi connectivity index (χ1v) is 5.89. The lowest BCUT2D eigenvalue weighted by Gasteiger charge is -2.26. The molecule has 0 saturated carbocycles. The SMILES string of the molecule is CCOc1cccc(C(O)C(C)(C#N)CC)c1. The number of ether oxygens (including phenoxy) is 1. The Hall–Kier alpha value is -1.53. The van der Waals surface area contributed by atoms with Gasteiger partial charge in [-0.25, -0.2) is 0 Å². The molecule has 0 bridgehead atoms. The van der Waals surface area contributed by atoms with Crippen molar-refractivity contribution in [2.24, 2.45) is 5.41 Å². The van der Waals surface area contributed by atoms with Crippen molar-refractivity contribution >= 4 is 0 Å². The largest absolute Gasteiger partial charge is 0.494 e. The van der Waals surface area contributed by atoms with Crippen LogP contribution in [0.4, 0.5) is 0 Å². The van der Waals surface area contributed by atoms with Crippen LogP contribution in [0.3, 0.4) is 0 Å². The average Bonchev–Trinajstić information content (AvgIpc) is 2.37. The molecule has 3 heteroatoms. The molecule has 92 valence electrons. The minimum atomic E-state index is -0.794. The molecule has 0 saturated heterocycles. The Morgan fingerprint density at radius 2 is 2.18 bits per heavy atom. The highest BCUT2D eigenvalue weighted by Crippen LogP contribution is 2.36. The topological polar surface area (TPSA) is 53.2 Å². The lowest BCUT2D eigenvalue weighted by Crippen LogP contribution is -2.22. The predicted octanol–water partition coefficient (Wildman–Crippen LogP) is 3.06. The Bertz CT molecular complexity index is 411. The van der Waals surface area contributed by atoms with E-state index in [1.807, 2.05) is 32.0 Å². The van der Waals surface area contributed by atoms with Crippen LogP contribution in [-0.2, 0) is 0 Å². The number of hydrogen-bond acceptors (Lipinski definition) is 3. The van der Waals surface area contributed by atoms with Gasteiger partial charge < -0.3 is 9.84 Å². The number of hydrogen-bond donors (Lipinski definition) is 1. The molecule has 1 aromatic rings. The van der Waals surface area contributed by atoms with E-state index in [9.17, 15) is 5.11 Å². The second-order valence-corrected chi connectivity index (χ2v) is 4.29. The summed E-state index contributed by atoms with van der Waals surface area (Å²) < 4.78 is 5.38. The summed E-state index contributed by atoms with van der Waals surface area (Å²) in [5.74, 6) is 0.723. The summed E-state index contributed by atoms with van der Waals surface area (Å²) in [5, 5.41) is 19.4. The van der Waals surface area contributed by atoms with Gasteiger partial charge in [-0.15, -0.1) is 0 Å². The Balaban J connectivity index is 3.00. The first kappa shape index (κ1) is 13.5. The quantitative estimate of drug-likeness (QED) is 0.850. The standard InChI is InChI=1S/C14H19NO2/c1-4-14(3,10-15)13(16)11-7-6-8-12(9-11)17-5-2/h6-9,13,16H,4-5H2,1-3H3. The lowest BCUT2D eigenvalue weighted by molar-refractivity contribution is 0.0720. The molecule has 0 heterocycles. The molecule has 2 unspecified atom stereocenters. The smallest absolute Gasteiger partial charge is 0.119 e. The van der Waals surface area contributed by atoms with Gasteiger partial charge >= 0.3 is 0 Å². The van der Waals surface area contributed by atoms with E-state index >= 15 is 0 Å². The first-order chi connectivity index (χ1) is 8.07. The molecule has 0 radical (unpaired) electrons. The van der Waals surface area contributed by atoms with E-state index in [0.29, 0.717) is 13.0 Å². The molecule has 17 heavy (non-hydrogen) atoms. The monoisotopic (exact) mass is 233 g/mol. The van der Waals surface area contributed by atoms with Gasteiger partial charge in [-0.2, -0.15) is 5.26 Å². The van der Waals surface area contributed by atoms with Crippen molar-refractivity contribution in [3.63, 3.8) is 0 Å². The van der Waals surface area contributed by atoms with E-state index in [2.05, 4.69) is 6.07 Å². The second-order valence-electron chi connectivity index (χ2n) is 4.29. The van der Waals surface area contributed by atoms with Crippen LogP contribution >= 0.6 is 0 Å². The molecule has 0 aliphatic rings. The van der Waals surface area contributed by atoms with Gasteiger partial charge in [0.1, 0.15) is 5.75 Å². The molecule has 2 atom stereocenters. The maximum absolute atomic E-state index is 10.3. The molecular weight excluding hydrogens is 214 g/mol. The molecule has 1 rings (SSSR count). The molecule has 3 nitrogen and oxygen atoms in total. The van der Waals surface area contributed by atoms with E-state index in [1.165, 1.54) is 0 Å². The number of nitrogens with zero attached hydrogens (tertiary/aromatic N) is 1. The third kappa shape index (κ3) is 2.98. The zero-order valence-electron chi connectivity index (χ0n) is 10.6. The molecule has 1 N–H and O–H groups in total. The summed E-state index contributed by atoms with van der Waals surface area (Å²) in [6.07, 6.45) is -0.193. The van der Waals surface area contributed by atoms with Crippen LogP contribution in [0.1, 0.15) is 38.9 Å². The van der Waals surface area contributed by atoms with E-state index in [-0.39, 0.29) is 0 Å². The fraction of sp³-hybridized carbons (Fsp3) is 0.500. The van der Waals surface area contributed by atoms with Crippen molar-refractivity contribution in [3.8, 4) is 11.8 Å². The first-order valence-electron chi connectivity index (χ1n) is 5.89. The predicted molar refractivity (Wildman–Crippen MR) is 66.6 cm³/mol. The zero-order valence-corrected chi connectivity index (χ0v) is 10.6. The third-order valence-corrected chi connectivity index (χ3v) is 3.08. The van der Waals surface area contributed by atoms with E-state index < -0.39 is 11.5 Å². The summed E-state index contributed by atoms with van der Waals surface area (Å²) in [6.45, 7) is 6.17. The molecule has 0 aromatic heterocycles. The van der Waals surface area contributed by atoms with Crippen LogP contribution in [0.5, 0.6) is 5.75 Å². The highest BCUT2D eigenvalue weighted by atomic mass is 16.5. The number of aliphatic hydroxyl groups is 1. The minimum absolute atomic E-state index is 0.586. The van der Waals surface area contributed by atoms with Crippen LogP contribution < -0.4 is 4.74 Å². The maximum Gasteiger partial charge on any atom is 0.119 e. The van der Waals surface area contributed by atoms with Crippen molar-refractivity contribution in [3.05, 3.63) is 29.8 Å². The second kappa shape index (κ2) is 5.70. The molecule has 1 aromatic carbocycles. The number of aliphatic hydroxyl groups excluding tert-OH is 1. The Kier molecular flexibility index (Phi) is 4.53. The number of rotatable bonds is 5. The normalized spacial score (nSPS) is 15.7. The summed E-state index contributed by atoms with van der Waals surface area (Å²) in [7, 11) is 0. The van der Waals surface area contributed by atoms with Gasteiger partial charge in [0.15, 0.2) is 0 Å². The molecule has 0 aliphatic carbocycles. The fourth-order valence-electron chi connectivity index (χ4n) is 1.64. The van der Waals surface area contributed by atoms with Gasteiger partial charge in [-0.05, 0) is 38.0 Å². The fourth-order valence-corrected chi connectivity index (χ4v) is 1.64.